The molecule has 1 rings (SSSR count). The van der Waals surface area contributed by atoms with Crippen LogP contribution in [0.3, 0.4) is 0 Å². The summed E-state index contributed by atoms with van der Waals surface area (Å²) in [4.78, 5) is 7.81. The second kappa shape index (κ2) is 6.43. The molecule has 1 atom stereocenters. The van der Waals surface area contributed by atoms with Crippen LogP contribution in [0.2, 0.25) is 0 Å². The highest BCUT2D eigenvalue weighted by atomic mass is 32.1. The highest BCUT2D eigenvalue weighted by Gasteiger charge is 2.28. The lowest BCUT2D eigenvalue weighted by atomic mass is 9.88. The quantitative estimate of drug-likeness (QED) is 0.813. The number of aryl methyl sites for hydroxylation is 1. The zero-order valence-electron chi connectivity index (χ0n) is 12.0. The summed E-state index contributed by atoms with van der Waals surface area (Å²) >= 11 is 5.24. The second-order valence-electron chi connectivity index (χ2n) is 5.58. The summed E-state index contributed by atoms with van der Waals surface area (Å²) < 4.78 is 6.48. The van der Waals surface area contributed by atoms with Crippen molar-refractivity contribution in [2.75, 3.05) is 6.61 Å². The molecule has 0 spiro atoms. The lowest BCUT2D eigenvalue weighted by Gasteiger charge is -2.29. The zero-order chi connectivity index (χ0) is 13.8. The van der Waals surface area contributed by atoms with Crippen molar-refractivity contribution in [1.29, 1.82) is 0 Å². The summed E-state index contributed by atoms with van der Waals surface area (Å²) in [6.07, 6.45) is 2.02. The molecule has 18 heavy (non-hydrogen) atoms. The predicted molar refractivity (Wildman–Crippen MR) is 77.2 cm³/mol. The Balaban J connectivity index is 3.15. The van der Waals surface area contributed by atoms with Crippen LogP contribution in [-0.4, -0.2) is 16.6 Å². The van der Waals surface area contributed by atoms with E-state index in [-0.39, 0.29) is 11.5 Å². The predicted octanol–water partition coefficient (Wildman–Crippen LogP) is 4.22. The van der Waals surface area contributed by atoms with E-state index in [9.17, 15) is 0 Å². The van der Waals surface area contributed by atoms with Gasteiger partial charge in [0.25, 0.3) is 0 Å². The van der Waals surface area contributed by atoms with Crippen LogP contribution in [0.5, 0.6) is 0 Å². The summed E-state index contributed by atoms with van der Waals surface area (Å²) in [6, 6.07) is 1.94. The topological polar surface area (TPSA) is 37.9 Å². The van der Waals surface area contributed by atoms with Crippen LogP contribution >= 0.6 is 12.2 Å². The Kier molecular flexibility index (Phi) is 5.47. The van der Waals surface area contributed by atoms with E-state index < -0.39 is 0 Å². The monoisotopic (exact) mass is 268 g/mol. The third-order valence-corrected chi connectivity index (χ3v) is 2.91. The third kappa shape index (κ3) is 4.18. The Morgan fingerprint density at radius 1 is 1.39 bits per heavy atom. The number of ether oxygens (including phenoxy) is 1. The Bertz CT molecular complexity index is 434. The fourth-order valence-corrected chi connectivity index (χ4v) is 2.20. The van der Waals surface area contributed by atoms with Crippen molar-refractivity contribution < 1.29 is 4.74 Å². The Labute approximate surface area is 115 Å². The third-order valence-electron chi connectivity index (χ3n) is 2.70. The van der Waals surface area contributed by atoms with Gasteiger partial charge in [-0.2, -0.15) is 0 Å². The number of aromatic nitrogens is 2. The largest absolute Gasteiger partial charge is 0.370 e. The van der Waals surface area contributed by atoms with E-state index in [1.54, 1.807) is 0 Å². The minimum absolute atomic E-state index is 0.00782. The minimum atomic E-state index is -0.0546. The molecule has 1 unspecified atom stereocenters. The summed E-state index contributed by atoms with van der Waals surface area (Å²) in [5.74, 6) is 0.848. The molecule has 0 radical (unpaired) electrons. The second-order valence-corrected chi connectivity index (χ2v) is 6.00. The van der Waals surface area contributed by atoms with E-state index in [1.807, 2.05) is 13.0 Å². The van der Waals surface area contributed by atoms with Gasteiger partial charge in [-0.3, -0.25) is 0 Å². The van der Waals surface area contributed by atoms with Crippen molar-refractivity contribution in [2.24, 2.45) is 5.41 Å². The van der Waals surface area contributed by atoms with E-state index in [2.05, 4.69) is 37.7 Å². The summed E-state index contributed by atoms with van der Waals surface area (Å²) in [7, 11) is 0. The molecule has 0 saturated carbocycles. The van der Waals surface area contributed by atoms with Crippen molar-refractivity contribution in [3.05, 3.63) is 22.2 Å². The van der Waals surface area contributed by atoms with Gasteiger partial charge in [-0.05, 0) is 24.8 Å². The van der Waals surface area contributed by atoms with Crippen molar-refractivity contribution in [2.45, 2.75) is 53.6 Å². The van der Waals surface area contributed by atoms with Crippen molar-refractivity contribution in [3.8, 4) is 0 Å². The molecule has 4 heteroatoms. The maximum absolute atomic E-state index is 5.84. The van der Waals surface area contributed by atoms with Gasteiger partial charge in [0.15, 0.2) is 0 Å². The number of hydrogen-bond donors (Lipinski definition) is 1. The first-order valence-electron chi connectivity index (χ1n) is 6.60. The summed E-state index contributed by atoms with van der Waals surface area (Å²) in [5, 5.41) is 0. The molecule has 0 amide bonds. The average molecular weight is 268 g/mol. The van der Waals surface area contributed by atoms with E-state index in [0.717, 1.165) is 24.4 Å². The van der Waals surface area contributed by atoms with Gasteiger partial charge >= 0.3 is 0 Å². The molecule has 1 N–H and O–H groups in total. The molecule has 0 fully saturated rings. The number of H-pyrrole nitrogens is 1. The van der Waals surface area contributed by atoms with Crippen LogP contribution < -0.4 is 0 Å². The summed E-state index contributed by atoms with van der Waals surface area (Å²) in [6.45, 7) is 11.3. The number of nitrogens with one attached hydrogen (secondary N) is 1. The molecule has 0 aliphatic carbocycles. The highest BCUT2D eigenvalue weighted by molar-refractivity contribution is 7.71. The normalized spacial score (nSPS) is 13.6. The molecule has 1 aromatic rings. The molecule has 0 saturated heterocycles. The van der Waals surface area contributed by atoms with Crippen molar-refractivity contribution in [3.63, 3.8) is 0 Å². The molecule has 0 aromatic carbocycles. The lowest BCUT2D eigenvalue weighted by Crippen LogP contribution is -2.24. The van der Waals surface area contributed by atoms with Crippen molar-refractivity contribution >= 4 is 12.2 Å². The molecule has 1 heterocycles. The van der Waals surface area contributed by atoms with Gasteiger partial charge in [0.1, 0.15) is 16.6 Å². The molecule has 0 aliphatic rings. The van der Waals surface area contributed by atoms with Crippen molar-refractivity contribution in [1.82, 2.24) is 9.97 Å². The molecule has 1 aromatic heterocycles. The molecular formula is C14H24N2OS. The van der Waals surface area contributed by atoms with Gasteiger partial charge in [0.2, 0.25) is 0 Å². The van der Waals surface area contributed by atoms with Gasteiger partial charge in [-0.15, -0.1) is 0 Å². The van der Waals surface area contributed by atoms with Crippen LogP contribution in [0, 0.1) is 10.1 Å². The van der Waals surface area contributed by atoms with Gasteiger partial charge < -0.3 is 9.72 Å². The SMILES string of the molecule is CCCc1cc(=S)nc(C(OCC)C(C)(C)C)[nH]1. The van der Waals surface area contributed by atoms with Gasteiger partial charge in [0.05, 0.1) is 0 Å². The Hall–Kier alpha value is -0.740. The first kappa shape index (κ1) is 15.3. The first-order chi connectivity index (χ1) is 8.38. The van der Waals surface area contributed by atoms with Gasteiger partial charge in [0, 0.05) is 12.3 Å². The van der Waals surface area contributed by atoms with Crippen LogP contribution in [0.4, 0.5) is 0 Å². The van der Waals surface area contributed by atoms with Crippen LogP contribution in [-0.2, 0) is 11.2 Å². The average Bonchev–Trinajstić information content (AvgIpc) is 2.23. The van der Waals surface area contributed by atoms with E-state index in [4.69, 9.17) is 17.0 Å². The molecule has 102 valence electrons. The van der Waals surface area contributed by atoms with Crippen LogP contribution in [0.1, 0.15) is 58.7 Å². The molecule has 0 aliphatic heterocycles. The standard InChI is InChI=1S/C14H24N2OS/c1-6-8-10-9-11(18)16-13(15-10)12(17-7-2)14(3,4)5/h9,12H,6-8H2,1-5H3,(H,15,16,18). The van der Waals surface area contributed by atoms with E-state index >= 15 is 0 Å². The van der Waals surface area contributed by atoms with Crippen LogP contribution in [0.15, 0.2) is 6.07 Å². The Morgan fingerprint density at radius 3 is 2.56 bits per heavy atom. The number of nitrogens with zero attached hydrogens (tertiary/aromatic N) is 1. The Morgan fingerprint density at radius 2 is 2.06 bits per heavy atom. The first-order valence-corrected chi connectivity index (χ1v) is 7.01. The molecule has 0 bridgehead atoms. The van der Waals surface area contributed by atoms with E-state index in [0.29, 0.717) is 11.2 Å². The fourth-order valence-electron chi connectivity index (χ4n) is 1.96. The maximum atomic E-state index is 5.84. The van der Waals surface area contributed by atoms with Crippen LogP contribution in [0.25, 0.3) is 0 Å². The smallest absolute Gasteiger partial charge is 0.137 e. The fraction of sp³-hybridized carbons (Fsp3) is 0.714. The number of aromatic amines is 1. The zero-order valence-corrected chi connectivity index (χ0v) is 12.9. The highest BCUT2D eigenvalue weighted by Crippen LogP contribution is 2.34. The summed E-state index contributed by atoms with van der Waals surface area (Å²) in [5.41, 5.74) is 1.13. The van der Waals surface area contributed by atoms with E-state index in [1.165, 1.54) is 0 Å². The molecular weight excluding hydrogens is 244 g/mol. The molecule has 3 nitrogen and oxygen atoms in total. The van der Waals surface area contributed by atoms with Gasteiger partial charge in [-0.25, -0.2) is 4.98 Å². The number of hydrogen-bond acceptors (Lipinski definition) is 3. The maximum Gasteiger partial charge on any atom is 0.137 e. The lowest BCUT2D eigenvalue weighted by molar-refractivity contribution is -0.0193. The van der Waals surface area contributed by atoms with Gasteiger partial charge in [-0.1, -0.05) is 46.3 Å². The minimum Gasteiger partial charge on any atom is -0.370 e. The number of rotatable bonds is 5.